The average Bonchev–Trinajstić information content (AvgIpc) is 2.32. The van der Waals surface area contributed by atoms with E-state index in [2.05, 4.69) is 5.32 Å². The van der Waals surface area contributed by atoms with Crippen LogP contribution in [-0.4, -0.2) is 24.4 Å². The van der Waals surface area contributed by atoms with E-state index < -0.39 is 0 Å². The Morgan fingerprint density at radius 1 is 1.35 bits per heavy atom. The molecule has 1 saturated carbocycles. The van der Waals surface area contributed by atoms with E-state index in [0.29, 0.717) is 5.02 Å². The number of ether oxygens (including phenoxy) is 1. The van der Waals surface area contributed by atoms with Crippen molar-refractivity contribution in [3.05, 3.63) is 23.2 Å². The van der Waals surface area contributed by atoms with Crippen LogP contribution in [0.15, 0.2) is 18.2 Å². The molecule has 94 valence electrons. The maximum Gasteiger partial charge on any atom is 0.142 e. The minimum Gasteiger partial charge on any atom is -0.495 e. The van der Waals surface area contributed by atoms with Gasteiger partial charge in [-0.05, 0) is 31.0 Å². The smallest absolute Gasteiger partial charge is 0.142 e. The van der Waals surface area contributed by atoms with E-state index in [-0.39, 0.29) is 12.1 Å². The molecule has 0 heterocycles. The fourth-order valence-electron chi connectivity index (χ4n) is 2.27. The average molecular weight is 256 g/mol. The molecule has 1 aromatic rings. The Morgan fingerprint density at radius 3 is 2.82 bits per heavy atom. The summed E-state index contributed by atoms with van der Waals surface area (Å²) in [6, 6.07) is 5.56. The highest BCUT2D eigenvalue weighted by atomic mass is 35.5. The number of aliphatic hydroxyl groups excluding tert-OH is 1. The maximum absolute atomic E-state index is 9.93. The van der Waals surface area contributed by atoms with Crippen LogP contribution in [0, 0.1) is 0 Å². The molecule has 0 spiro atoms. The van der Waals surface area contributed by atoms with Gasteiger partial charge in [-0.3, -0.25) is 0 Å². The van der Waals surface area contributed by atoms with Crippen molar-refractivity contribution < 1.29 is 9.84 Å². The second-order valence-electron chi connectivity index (χ2n) is 4.45. The summed E-state index contributed by atoms with van der Waals surface area (Å²) in [6.07, 6.45) is 3.81. The lowest BCUT2D eigenvalue weighted by molar-refractivity contribution is 0.116. The number of benzene rings is 1. The van der Waals surface area contributed by atoms with E-state index in [1.807, 2.05) is 12.1 Å². The van der Waals surface area contributed by atoms with Crippen LogP contribution in [-0.2, 0) is 0 Å². The molecule has 0 radical (unpaired) electrons. The van der Waals surface area contributed by atoms with Gasteiger partial charge in [0.2, 0.25) is 0 Å². The quantitative estimate of drug-likeness (QED) is 0.872. The predicted octanol–water partition coefficient (Wildman–Crippen LogP) is 3.06. The van der Waals surface area contributed by atoms with Crippen molar-refractivity contribution in [1.82, 2.24) is 0 Å². The molecule has 0 amide bonds. The molecular weight excluding hydrogens is 238 g/mol. The summed E-state index contributed by atoms with van der Waals surface area (Å²) in [6.45, 7) is 0. The second kappa shape index (κ2) is 5.61. The number of hydrogen-bond acceptors (Lipinski definition) is 3. The van der Waals surface area contributed by atoms with Crippen LogP contribution in [0.2, 0.25) is 5.02 Å². The zero-order valence-electron chi connectivity index (χ0n) is 9.95. The summed E-state index contributed by atoms with van der Waals surface area (Å²) in [7, 11) is 1.63. The number of rotatable bonds is 3. The summed E-state index contributed by atoms with van der Waals surface area (Å²) in [5, 5.41) is 13.9. The summed E-state index contributed by atoms with van der Waals surface area (Å²) in [5.74, 6) is 0.757. The largest absolute Gasteiger partial charge is 0.495 e. The van der Waals surface area contributed by atoms with Crippen LogP contribution in [0.3, 0.4) is 0 Å². The predicted molar refractivity (Wildman–Crippen MR) is 69.9 cm³/mol. The molecule has 0 unspecified atom stereocenters. The van der Waals surface area contributed by atoms with E-state index in [1.165, 1.54) is 0 Å². The minimum atomic E-state index is -0.285. The molecular formula is C13H18ClNO2. The van der Waals surface area contributed by atoms with Crippen LogP contribution < -0.4 is 10.1 Å². The molecule has 2 atom stereocenters. The molecule has 1 aromatic carbocycles. The SMILES string of the molecule is COc1ccc(Cl)cc1N[C@@H]1CCCC[C@H]1O. The van der Waals surface area contributed by atoms with Crippen molar-refractivity contribution in [2.45, 2.75) is 37.8 Å². The van der Waals surface area contributed by atoms with Crippen molar-refractivity contribution >= 4 is 17.3 Å². The first kappa shape index (κ1) is 12.5. The Hall–Kier alpha value is -0.930. The van der Waals surface area contributed by atoms with Crippen molar-refractivity contribution in [2.24, 2.45) is 0 Å². The molecule has 1 aliphatic rings. The summed E-state index contributed by atoms with van der Waals surface area (Å²) >= 11 is 5.97. The van der Waals surface area contributed by atoms with Gasteiger partial charge in [0.25, 0.3) is 0 Å². The van der Waals surface area contributed by atoms with E-state index in [4.69, 9.17) is 16.3 Å². The highest BCUT2D eigenvalue weighted by Gasteiger charge is 2.23. The molecule has 4 heteroatoms. The highest BCUT2D eigenvalue weighted by Crippen LogP contribution is 2.30. The molecule has 0 aliphatic heterocycles. The Bertz CT molecular complexity index is 384. The number of halogens is 1. The van der Waals surface area contributed by atoms with E-state index in [1.54, 1.807) is 13.2 Å². The first-order valence-electron chi connectivity index (χ1n) is 5.99. The molecule has 0 bridgehead atoms. The molecule has 3 nitrogen and oxygen atoms in total. The van der Waals surface area contributed by atoms with Crippen LogP contribution in [0.4, 0.5) is 5.69 Å². The highest BCUT2D eigenvalue weighted by molar-refractivity contribution is 6.30. The van der Waals surface area contributed by atoms with Gasteiger partial charge < -0.3 is 15.2 Å². The first-order valence-corrected chi connectivity index (χ1v) is 6.36. The second-order valence-corrected chi connectivity index (χ2v) is 4.88. The monoisotopic (exact) mass is 255 g/mol. The van der Waals surface area contributed by atoms with Crippen LogP contribution in [0.5, 0.6) is 5.75 Å². The van der Waals surface area contributed by atoms with Gasteiger partial charge in [0.1, 0.15) is 5.75 Å². The van der Waals surface area contributed by atoms with Gasteiger partial charge in [-0.2, -0.15) is 0 Å². The first-order chi connectivity index (χ1) is 8.20. The molecule has 0 aromatic heterocycles. The maximum atomic E-state index is 9.93. The fourth-order valence-corrected chi connectivity index (χ4v) is 2.44. The normalized spacial score (nSPS) is 24.4. The lowest BCUT2D eigenvalue weighted by Gasteiger charge is -2.29. The number of anilines is 1. The molecule has 1 fully saturated rings. The van der Waals surface area contributed by atoms with Crippen LogP contribution in [0.1, 0.15) is 25.7 Å². The summed E-state index contributed by atoms with van der Waals surface area (Å²) in [5.41, 5.74) is 0.853. The third-order valence-corrected chi connectivity index (χ3v) is 3.47. The number of hydrogen-bond donors (Lipinski definition) is 2. The van der Waals surface area contributed by atoms with Gasteiger partial charge in [0.15, 0.2) is 0 Å². The van der Waals surface area contributed by atoms with E-state index in [9.17, 15) is 5.11 Å². The van der Waals surface area contributed by atoms with Gasteiger partial charge >= 0.3 is 0 Å². The van der Waals surface area contributed by atoms with Crippen molar-refractivity contribution in [2.75, 3.05) is 12.4 Å². The van der Waals surface area contributed by atoms with Crippen molar-refractivity contribution in [3.63, 3.8) is 0 Å². The Kier molecular flexibility index (Phi) is 4.13. The summed E-state index contributed by atoms with van der Waals surface area (Å²) in [4.78, 5) is 0. The topological polar surface area (TPSA) is 41.5 Å². The van der Waals surface area contributed by atoms with Gasteiger partial charge in [-0.15, -0.1) is 0 Å². The fraction of sp³-hybridized carbons (Fsp3) is 0.538. The Labute approximate surface area is 107 Å². The molecule has 1 aliphatic carbocycles. The molecule has 17 heavy (non-hydrogen) atoms. The molecule has 0 saturated heterocycles. The lowest BCUT2D eigenvalue weighted by Crippen LogP contribution is -2.36. The van der Waals surface area contributed by atoms with Gasteiger partial charge in [-0.1, -0.05) is 24.4 Å². The van der Waals surface area contributed by atoms with Crippen molar-refractivity contribution in [1.29, 1.82) is 0 Å². The van der Waals surface area contributed by atoms with Crippen LogP contribution >= 0.6 is 11.6 Å². The zero-order chi connectivity index (χ0) is 12.3. The van der Waals surface area contributed by atoms with Gasteiger partial charge in [-0.25, -0.2) is 0 Å². The minimum absolute atomic E-state index is 0.0936. The molecule has 2 N–H and O–H groups in total. The van der Waals surface area contributed by atoms with Gasteiger partial charge in [0, 0.05) is 5.02 Å². The van der Waals surface area contributed by atoms with Gasteiger partial charge in [0.05, 0.1) is 24.9 Å². The zero-order valence-corrected chi connectivity index (χ0v) is 10.7. The Morgan fingerprint density at radius 2 is 2.12 bits per heavy atom. The third kappa shape index (κ3) is 3.05. The number of nitrogens with one attached hydrogen (secondary N) is 1. The summed E-state index contributed by atoms with van der Waals surface area (Å²) < 4.78 is 5.27. The molecule has 2 rings (SSSR count). The van der Waals surface area contributed by atoms with Crippen molar-refractivity contribution in [3.8, 4) is 5.75 Å². The standard InChI is InChI=1S/C13H18ClNO2/c1-17-13-7-6-9(14)8-11(13)15-10-4-2-3-5-12(10)16/h6-8,10,12,15-16H,2-5H2,1H3/t10-,12-/m1/s1. The number of methoxy groups -OCH3 is 1. The number of aliphatic hydroxyl groups is 1. The third-order valence-electron chi connectivity index (χ3n) is 3.23. The van der Waals surface area contributed by atoms with Crippen LogP contribution in [0.25, 0.3) is 0 Å². The van der Waals surface area contributed by atoms with E-state index in [0.717, 1.165) is 37.1 Å². The lowest BCUT2D eigenvalue weighted by atomic mass is 9.92. The Balaban J connectivity index is 2.13. The van der Waals surface area contributed by atoms with E-state index >= 15 is 0 Å².